The molecule has 1 aromatic heterocycles. The number of nitrogens with two attached hydrogens (primary N) is 1. The molecule has 1 aromatic rings. The van der Waals surface area contributed by atoms with Crippen molar-refractivity contribution in [1.29, 1.82) is 0 Å². The fourth-order valence-electron chi connectivity index (χ4n) is 0.763. The quantitative estimate of drug-likeness (QED) is 0.760. The molecule has 11 heavy (non-hydrogen) atoms. The Bertz CT molecular complexity index is 263. The molecule has 0 aliphatic rings. The van der Waals surface area contributed by atoms with Crippen LogP contribution >= 0.6 is 27.5 Å². The van der Waals surface area contributed by atoms with Crippen LogP contribution in [0.25, 0.3) is 0 Å². The van der Waals surface area contributed by atoms with Gasteiger partial charge in [0, 0.05) is 11.6 Å². The summed E-state index contributed by atoms with van der Waals surface area (Å²) in [4.78, 5) is 4.00. The molecule has 0 spiro atoms. The average molecular weight is 236 g/mol. The Hall–Kier alpha value is -0.120. The molecule has 1 atom stereocenters. The molecule has 0 aliphatic carbocycles. The van der Waals surface area contributed by atoms with Crippen molar-refractivity contribution < 1.29 is 0 Å². The lowest BCUT2D eigenvalue weighted by molar-refractivity contribution is 0.811. The summed E-state index contributed by atoms with van der Waals surface area (Å²) in [6.45, 7) is 1.87. The smallest absolute Gasteiger partial charge is 0.135 e. The van der Waals surface area contributed by atoms with Gasteiger partial charge in [0.25, 0.3) is 0 Å². The lowest BCUT2D eigenvalue weighted by Crippen LogP contribution is -2.06. The van der Waals surface area contributed by atoms with E-state index in [9.17, 15) is 0 Å². The van der Waals surface area contributed by atoms with E-state index < -0.39 is 0 Å². The summed E-state index contributed by atoms with van der Waals surface area (Å²) in [5, 5.41) is 0.467. The fraction of sp³-hybridized carbons (Fsp3) is 0.286. The van der Waals surface area contributed by atoms with Crippen LogP contribution in [0.3, 0.4) is 0 Å². The number of halogens is 2. The number of hydrogen-bond donors (Lipinski definition) is 1. The van der Waals surface area contributed by atoms with Crippen LogP contribution in [-0.2, 0) is 0 Å². The summed E-state index contributed by atoms with van der Waals surface area (Å²) >= 11 is 9.01. The Kier molecular flexibility index (Phi) is 2.87. The van der Waals surface area contributed by atoms with Crippen molar-refractivity contribution in [2.24, 2.45) is 5.73 Å². The zero-order valence-electron chi connectivity index (χ0n) is 6.01. The Morgan fingerprint density at radius 1 is 1.64 bits per heavy atom. The molecule has 0 radical (unpaired) electrons. The van der Waals surface area contributed by atoms with E-state index in [1.54, 1.807) is 0 Å². The van der Waals surface area contributed by atoms with Gasteiger partial charge in [-0.15, -0.1) is 0 Å². The van der Waals surface area contributed by atoms with Crippen LogP contribution in [0.1, 0.15) is 18.5 Å². The highest BCUT2D eigenvalue weighted by Crippen LogP contribution is 2.21. The monoisotopic (exact) mass is 234 g/mol. The molecule has 2 nitrogen and oxygen atoms in total. The predicted molar refractivity (Wildman–Crippen MR) is 49.5 cm³/mol. The van der Waals surface area contributed by atoms with Crippen LogP contribution in [0.2, 0.25) is 5.15 Å². The first kappa shape index (κ1) is 8.97. The first-order valence-corrected chi connectivity index (χ1v) is 4.36. The Morgan fingerprint density at radius 3 is 2.73 bits per heavy atom. The van der Waals surface area contributed by atoms with Gasteiger partial charge < -0.3 is 5.73 Å². The molecule has 0 saturated carbocycles. The van der Waals surface area contributed by atoms with Crippen LogP contribution < -0.4 is 5.73 Å². The van der Waals surface area contributed by atoms with Gasteiger partial charge >= 0.3 is 0 Å². The molecule has 2 N–H and O–H groups in total. The number of rotatable bonds is 1. The highest BCUT2D eigenvalue weighted by Gasteiger charge is 2.05. The summed E-state index contributed by atoms with van der Waals surface area (Å²) in [5.41, 5.74) is 6.50. The van der Waals surface area contributed by atoms with Crippen molar-refractivity contribution in [3.8, 4) is 0 Å². The second kappa shape index (κ2) is 3.52. The first-order chi connectivity index (χ1) is 5.11. The van der Waals surface area contributed by atoms with Gasteiger partial charge in [0.1, 0.15) is 9.76 Å². The topological polar surface area (TPSA) is 38.9 Å². The first-order valence-electron chi connectivity index (χ1n) is 3.19. The van der Waals surface area contributed by atoms with Gasteiger partial charge in [-0.05, 0) is 28.9 Å². The fourth-order valence-corrected chi connectivity index (χ4v) is 1.50. The normalized spacial score (nSPS) is 13.1. The molecule has 1 heterocycles. The van der Waals surface area contributed by atoms with E-state index in [0.29, 0.717) is 5.15 Å². The lowest BCUT2D eigenvalue weighted by Gasteiger charge is -2.06. The van der Waals surface area contributed by atoms with Crippen LogP contribution in [0.5, 0.6) is 0 Å². The number of hydrogen-bond acceptors (Lipinski definition) is 2. The number of aromatic nitrogens is 1. The molecule has 0 bridgehead atoms. The SMILES string of the molecule is C[C@@H](N)c1ccc(Br)nc1Cl. The van der Waals surface area contributed by atoms with Crippen molar-refractivity contribution in [3.63, 3.8) is 0 Å². The van der Waals surface area contributed by atoms with Crippen LogP contribution in [0, 0.1) is 0 Å². The Morgan fingerprint density at radius 2 is 2.27 bits per heavy atom. The third-order valence-electron chi connectivity index (χ3n) is 1.33. The van der Waals surface area contributed by atoms with Crippen LogP contribution in [-0.4, -0.2) is 4.98 Å². The summed E-state index contributed by atoms with van der Waals surface area (Å²) < 4.78 is 0.729. The second-order valence-electron chi connectivity index (χ2n) is 2.30. The molecule has 0 unspecified atom stereocenters. The Labute approximate surface area is 78.9 Å². The van der Waals surface area contributed by atoms with E-state index in [-0.39, 0.29) is 6.04 Å². The van der Waals surface area contributed by atoms with Gasteiger partial charge in [-0.3, -0.25) is 0 Å². The minimum atomic E-state index is -0.0666. The summed E-state index contributed by atoms with van der Waals surface area (Å²) in [6, 6.07) is 3.62. The van der Waals surface area contributed by atoms with Crippen molar-refractivity contribution in [1.82, 2.24) is 4.98 Å². The van der Waals surface area contributed by atoms with E-state index in [1.807, 2.05) is 19.1 Å². The summed E-state index contributed by atoms with van der Waals surface area (Å²) in [6.07, 6.45) is 0. The van der Waals surface area contributed by atoms with E-state index in [0.717, 1.165) is 10.2 Å². The third-order valence-corrected chi connectivity index (χ3v) is 2.08. The van der Waals surface area contributed by atoms with E-state index in [1.165, 1.54) is 0 Å². The zero-order chi connectivity index (χ0) is 8.43. The molecule has 0 aliphatic heterocycles. The maximum atomic E-state index is 5.80. The van der Waals surface area contributed by atoms with Crippen molar-refractivity contribution in [2.75, 3.05) is 0 Å². The van der Waals surface area contributed by atoms with E-state index in [4.69, 9.17) is 17.3 Å². The number of pyridine rings is 1. The predicted octanol–water partition coefficient (Wildman–Crippen LogP) is 2.52. The highest BCUT2D eigenvalue weighted by molar-refractivity contribution is 9.10. The summed E-state index contributed by atoms with van der Waals surface area (Å²) in [7, 11) is 0. The minimum Gasteiger partial charge on any atom is -0.324 e. The van der Waals surface area contributed by atoms with Crippen LogP contribution in [0.4, 0.5) is 0 Å². The summed E-state index contributed by atoms with van der Waals surface area (Å²) in [5.74, 6) is 0. The van der Waals surface area contributed by atoms with Crippen LogP contribution in [0.15, 0.2) is 16.7 Å². The molecular weight excluding hydrogens is 227 g/mol. The van der Waals surface area contributed by atoms with Gasteiger partial charge in [-0.1, -0.05) is 17.7 Å². The maximum absolute atomic E-state index is 5.80. The largest absolute Gasteiger partial charge is 0.324 e. The van der Waals surface area contributed by atoms with Crippen molar-refractivity contribution >= 4 is 27.5 Å². The molecule has 0 amide bonds. The zero-order valence-corrected chi connectivity index (χ0v) is 8.35. The average Bonchev–Trinajstić information content (AvgIpc) is 1.85. The lowest BCUT2D eigenvalue weighted by atomic mass is 10.2. The molecule has 60 valence electrons. The standard InChI is InChI=1S/C7H8BrClN2/c1-4(10)5-2-3-6(8)11-7(5)9/h2-4H,10H2,1H3/t4-/m1/s1. The van der Waals surface area contributed by atoms with E-state index >= 15 is 0 Å². The Balaban J connectivity index is 3.09. The molecular formula is C7H8BrClN2. The van der Waals surface area contributed by atoms with Gasteiger partial charge in [0.05, 0.1) is 0 Å². The van der Waals surface area contributed by atoms with Gasteiger partial charge in [-0.2, -0.15) is 0 Å². The molecule has 4 heteroatoms. The van der Waals surface area contributed by atoms with Crippen molar-refractivity contribution in [3.05, 3.63) is 27.5 Å². The maximum Gasteiger partial charge on any atom is 0.135 e. The second-order valence-corrected chi connectivity index (χ2v) is 3.47. The van der Waals surface area contributed by atoms with Gasteiger partial charge in [0.15, 0.2) is 0 Å². The van der Waals surface area contributed by atoms with Gasteiger partial charge in [-0.25, -0.2) is 4.98 Å². The number of nitrogens with zero attached hydrogens (tertiary/aromatic N) is 1. The minimum absolute atomic E-state index is 0.0666. The molecule has 0 saturated heterocycles. The van der Waals surface area contributed by atoms with Crippen molar-refractivity contribution in [2.45, 2.75) is 13.0 Å². The molecule has 0 aromatic carbocycles. The highest BCUT2D eigenvalue weighted by atomic mass is 79.9. The third kappa shape index (κ3) is 2.15. The molecule has 0 fully saturated rings. The molecule has 1 rings (SSSR count). The van der Waals surface area contributed by atoms with E-state index in [2.05, 4.69) is 20.9 Å². The van der Waals surface area contributed by atoms with Gasteiger partial charge in [0.2, 0.25) is 0 Å².